The van der Waals surface area contributed by atoms with E-state index in [9.17, 15) is 9.59 Å². The number of carbonyl (C=O) groups excluding carboxylic acids is 2. The molecule has 1 aromatic rings. The third-order valence-corrected chi connectivity index (χ3v) is 4.74. The predicted molar refractivity (Wildman–Crippen MR) is 113 cm³/mol. The van der Waals surface area contributed by atoms with Crippen LogP contribution in [-0.2, 0) is 20.7 Å². The van der Waals surface area contributed by atoms with Crippen LogP contribution < -0.4 is 4.74 Å². The molecule has 0 heterocycles. The second-order valence-electron chi connectivity index (χ2n) is 7.85. The van der Waals surface area contributed by atoms with Gasteiger partial charge in [0.25, 0.3) is 0 Å². The molecule has 0 aromatic heterocycles. The molecule has 0 aliphatic carbocycles. The van der Waals surface area contributed by atoms with E-state index < -0.39 is 0 Å². The highest BCUT2D eigenvalue weighted by molar-refractivity contribution is 5.72. The van der Waals surface area contributed by atoms with Gasteiger partial charge in [-0.1, -0.05) is 58.6 Å². The van der Waals surface area contributed by atoms with Crippen LogP contribution in [0.15, 0.2) is 24.3 Å². The first kappa shape index (κ1) is 24.2. The van der Waals surface area contributed by atoms with Gasteiger partial charge in [-0.2, -0.15) is 0 Å². The minimum absolute atomic E-state index is 0.0707. The van der Waals surface area contributed by atoms with Crippen molar-refractivity contribution >= 4 is 11.9 Å². The van der Waals surface area contributed by atoms with Crippen LogP contribution in [0.2, 0.25) is 0 Å². The maximum Gasteiger partial charge on any atom is 0.311 e. The Morgan fingerprint density at radius 1 is 0.893 bits per heavy atom. The van der Waals surface area contributed by atoms with E-state index in [2.05, 4.69) is 20.8 Å². The van der Waals surface area contributed by atoms with Gasteiger partial charge in [-0.3, -0.25) is 9.59 Å². The van der Waals surface area contributed by atoms with E-state index in [1.54, 1.807) is 0 Å². The summed E-state index contributed by atoms with van der Waals surface area (Å²) in [6.07, 6.45) is 9.94. The molecule has 0 radical (unpaired) electrons. The Bertz CT molecular complexity index is 565. The van der Waals surface area contributed by atoms with Crippen molar-refractivity contribution in [1.29, 1.82) is 0 Å². The summed E-state index contributed by atoms with van der Waals surface area (Å²) in [7, 11) is 0. The molecule has 4 nitrogen and oxygen atoms in total. The SMILES string of the molecule is CCc1cccc(OC(=O)CCCCCCCCC(=O)OCCCC(C)C)c1. The lowest BCUT2D eigenvalue weighted by atomic mass is 10.1. The second kappa shape index (κ2) is 15.1. The van der Waals surface area contributed by atoms with Gasteiger partial charge in [0.2, 0.25) is 0 Å². The molecule has 0 atom stereocenters. The number of rotatable bonds is 15. The summed E-state index contributed by atoms with van der Waals surface area (Å²) in [5.74, 6) is 1.07. The van der Waals surface area contributed by atoms with E-state index in [1.165, 1.54) is 5.56 Å². The zero-order valence-corrected chi connectivity index (χ0v) is 18.0. The summed E-state index contributed by atoms with van der Waals surface area (Å²) in [6, 6.07) is 7.70. The average molecular weight is 391 g/mol. The van der Waals surface area contributed by atoms with Crippen LogP contribution >= 0.6 is 0 Å². The Labute approximate surface area is 171 Å². The second-order valence-corrected chi connectivity index (χ2v) is 7.85. The molecule has 0 saturated heterocycles. The summed E-state index contributed by atoms with van der Waals surface area (Å²) in [4.78, 5) is 23.5. The molecule has 0 unspecified atom stereocenters. The van der Waals surface area contributed by atoms with Crippen molar-refractivity contribution in [2.75, 3.05) is 6.61 Å². The van der Waals surface area contributed by atoms with E-state index in [4.69, 9.17) is 9.47 Å². The zero-order valence-electron chi connectivity index (χ0n) is 18.0. The number of hydrogen-bond donors (Lipinski definition) is 0. The van der Waals surface area contributed by atoms with Gasteiger partial charge >= 0.3 is 11.9 Å². The molecule has 0 saturated carbocycles. The quantitative estimate of drug-likeness (QED) is 0.202. The fraction of sp³-hybridized carbons (Fsp3) is 0.667. The first-order valence-electron chi connectivity index (χ1n) is 11.0. The highest BCUT2D eigenvalue weighted by Gasteiger charge is 2.06. The molecule has 158 valence electrons. The van der Waals surface area contributed by atoms with Crippen molar-refractivity contribution in [3.63, 3.8) is 0 Å². The van der Waals surface area contributed by atoms with Gasteiger partial charge in [-0.25, -0.2) is 0 Å². The number of aryl methyl sites for hydroxylation is 1. The fourth-order valence-electron chi connectivity index (χ4n) is 3.01. The summed E-state index contributed by atoms with van der Waals surface area (Å²) in [6.45, 7) is 6.99. The fourth-order valence-corrected chi connectivity index (χ4v) is 3.01. The van der Waals surface area contributed by atoms with Crippen LogP contribution in [-0.4, -0.2) is 18.5 Å². The molecule has 0 spiro atoms. The largest absolute Gasteiger partial charge is 0.466 e. The van der Waals surface area contributed by atoms with Crippen molar-refractivity contribution in [1.82, 2.24) is 0 Å². The minimum atomic E-state index is -0.159. The van der Waals surface area contributed by atoms with Crippen LogP contribution in [0.25, 0.3) is 0 Å². The third-order valence-electron chi connectivity index (χ3n) is 4.74. The maximum absolute atomic E-state index is 11.9. The smallest absolute Gasteiger partial charge is 0.311 e. The van der Waals surface area contributed by atoms with Gasteiger partial charge < -0.3 is 9.47 Å². The Hall–Kier alpha value is -1.84. The van der Waals surface area contributed by atoms with Gasteiger partial charge in [0.05, 0.1) is 6.61 Å². The van der Waals surface area contributed by atoms with Crippen molar-refractivity contribution in [2.24, 2.45) is 5.92 Å². The van der Waals surface area contributed by atoms with Crippen LogP contribution in [0.1, 0.15) is 90.5 Å². The van der Waals surface area contributed by atoms with Crippen molar-refractivity contribution in [3.05, 3.63) is 29.8 Å². The Kier molecular flexibility index (Phi) is 13.1. The molecular weight excluding hydrogens is 352 g/mol. The lowest BCUT2D eigenvalue weighted by Gasteiger charge is -2.07. The average Bonchev–Trinajstić information content (AvgIpc) is 2.67. The Morgan fingerprint density at radius 2 is 1.54 bits per heavy atom. The van der Waals surface area contributed by atoms with Gasteiger partial charge in [0, 0.05) is 12.8 Å². The van der Waals surface area contributed by atoms with E-state index in [1.807, 2.05) is 24.3 Å². The van der Waals surface area contributed by atoms with Crippen LogP contribution in [0.4, 0.5) is 0 Å². The van der Waals surface area contributed by atoms with Crippen molar-refractivity contribution < 1.29 is 19.1 Å². The van der Waals surface area contributed by atoms with E-state index in [0.29, 0.717) is 31.1 Å². The summed E-state index contributed by atoms with van der Waals surface area (Å²) in [5.41, 5.74) is 1.17. The molecule has 0 aliphatic heterocycles. The molecule has 0 aliphatic rings. The number of unbranched alkanes of at least 4 members (excludes halogenated alkanes) is 5. The maximum atomic E-state index is 11.9. The van der Waals surface area contributed by atoms with Crippen molar-refractivity contribution in [3.8, 4) is 5.75 Å². The van der Waals surface area contributed by atoms with Gasteiger partial charge in [-0.15, -0.1) is 0 Å². The van der Waals surface area contributed by atoms with Gasteiger partial charge in [0.15, 0.2) is 0 Å². The standard InChI is InChI=1S/C24H38O4/c1-4-21-14-11-15-22(19-21)28-24(26)17-10-8-6-5-7-9-16-23(25)27-18-12-13-20(2)3/h11,14-15,19-20H,4-10,12-13,16-18H2,1-3H3. The zero-order chi connectivity index (χ0) is 20.6. The highest BCUT2D eigenvalue weighted by atomic mass is 16.5. The summed E-state index contributed by atoms with van der Waals surface area (Å²) < 4.78 is 10.6. The molecule has 0 amide bonds. The molecule has 0 bridgehead atoms. The number of hydrogen-bond acceptors (Lipinski definition) is 4. The van der Waals surface area contributed by atoms with Crippen LogP contribution in [0, 0.1) is 5.92 Å². The molecule has 0 N–H and O–H groups in total. The van der Waals surface area contributed by atoms with E-state index >= 15 is 0 Å². The molecule has 1 rings (SSSR count). The molecular formula is C24H38O4. The number of benzene rings is 1. The molecule has 0 fully saturated rings. The minimum Gasteiger partial charge on any atom is -0.466 e. The first-order chi connectivity index (χ1) is 13.5. The first-order valence-corrected chi connectivity index (χ1v) is 11.0. The Balaban J connectivity index is 1.95. The van der Waals surface area contributed by atoms with Gasteiger partial charge in [0.1, 0.15) is 5.75 Å². The lowest BCUT2D eigenvalue weighted by Crippen LogP contribution is -2.07. The van der Waals surface area contributed by atoms with E-state index in [0.717, 1.165) is 57.8 Å². The molecule has 4 heteroatoms. The highest BCUT2D eigenvalue weighted by Crippen LogP contribution is 2.15. The van der Waals surface area contributed by atoms with Gasteiger partial charge in [-0.05, 0) is 55.7 Å². The number of esters is 2. The van der Waals surface area contributed by atoms with Crippen molar-refractivity contribution in [2.45, 2.75) is 91.4 Å². The normalized spacial score (nSPS) is 10.9. The molecule has 1 aromatic carbocycles. The summed E-state index contributed by atoms with van der Waals surface area (Å²) in [5, 5.41) is 0. The van der Waals surface area contributed by atoms with Crippen LogP contribution in [0.5, 0.6) is 5.75 Å². The topological polar surface area (TPSA) is 52.6 Å². The predicted octanol–water partition coefficient (Wildman–Crippen LogP) is 6.25. The number of carbonyl (C=O) groups is 2. The summed E-state index contributed by atoms with van der Waals surface area (Å²) >= 11 is 0. The Morgan fingerprint density at radius 3 is 2.18 bits per heavy atom. The lowest BCUT2D eigenvalue weighted by molar-refractivity contribution is -0.144. The molecule has 28 heavy (non-hydrogen) atoms. The third kappa shape index (κ3) is 12.5. The van der Waals surface area contributed by atoms with Crippen LogP contribution in [0.3, 0.4) is 0 Å². The number of ether oxygens (including phenoxy) is 2. The monoisotopic (exact) mass is 390 g/mol. The van der Waals surface area contributed by atoms with E-state index in [-0.39, 0.29) is 11.9 Å².